The molecule has 0 saturated heterocycles. The van der Waals surface area contributed by atoms with Gasteiger partial charge in [-0.1, -0.05) is 29.8 Å². The summed E-state index contributed by atoms with van der Waals surface area (Å²) >= 11 is 0. The summed E-state index contributed by atoms with van der Waals surface area (Å²) in [5.41, 5.74) is 9.86. The smallest absolute Gasteiger partial charge is 0.0270 e. The Hall–Kier alpha value is -1.67. The fourth-order valence-electron chi connectivity index (χ4n) is 2.15. The summed E-state index contributed by atoms with van der Waals surface area (Å²) in [6.07, 6.45) is 5.83. The number of aryl methyl sites for hydroxylation is 2. The maximum Gasteiger partial charge on any atom is 0.0270 e. The number of benzene rings is 1. The van der Waals surface area contributed by atoms with Crippen LogP contribution in [0.4, 0.5) is 0 Å². The van der Waals surface area contributed by atoms with Crippen LogP contribution < -0.4 is 5.73 Å². The average Bonchev–Trinajstić information content (AvgIpc) is 2.42. The molecule has 18 heavy (non-hydrogen) atoms. The van der Waals surface area contributed by atoms with Crippen LogP contribution in [-0.4, -0.2) is 11.5 Å². The third-order valence-corrected chi connectivity index (χ3v) is 3.36. The molecule has 0 bridgehead atoms. The van der Waals surface area contributed by atoms with Crippen molar-refractivity contribution >= 4 is 0 Å². The molecular formula is C16H20N2. The normalized spacial score (nSPS) is 12.3. The van der Waals surface area contributed by atoms with E-state index in [-0.39, 0.29) is 0 Å². The Morgan fingerprint density at radius 2 is 1.72 bits per heavy atom. The minimum atomic E-state index is 0.443. The van der Waals surface area contributed by atoms with E-state index >= 15 is 0 Å². The predicted octanol–water partition coefficient (Wildman–Crippen LogP) is 3.07. The van der Waals surface area contributed by atoms with E-state index in [0.29, 0.717) is 12.5 Å². The summed E-state index contributed by atoms with van der Waals surface area (Å²) in [7, 11) is 0. The zero-order valence-electron chi connectivity index (χ0n) is 10.8. The number of hydrogen-bond donors (Lipinski definition) is 1. The van der Waals surface area contributed by atoms with Gasteiger partial charge in [-0.15, -0.1) is 0 Å². The fourth-order valence-corrected chi connectivity index (χ4v) is 2.15. The van der Waals surface area contributed by atoms with E-state index in [0.717, 1.165) is 12.8 Å². The summed E-state index contributed by atoms with van der Waals surface area (Å²) in [6.45, 7) is 2.81. The molecule has 2 heteroatoms. The lowest BCUT2D eigenvalue weighted by Crippen LogP contribution is -2.13. The molecule has 1 heterocycles. The zero-order valence-corrected chi connectivity index (χ0v) is 10.8. The van der Waals surface area contributed by atoms with Crippen LogP contribution in [0.25, 0.3) is 0 Å². The van der Waals surface area contributed by atoms with E-state index in [1.165, 1.54) is 16.7 Å². The van der Waals surface area contributed by atoms with Gasteiger partial charge < -0.3 is 5.73 Å². The van der Waals surface area contributed by atoms with Crippen molar-refractivity contribution in [1.29, 1.82) is 0 Å². The van der Waals surface area contributed by atoms with Gasteiger partial charge in [0.05, 0.1) is 0 Å². The molecule has 0 aliphatic carbocycles. The molecule has 1 unspecified atom stereocenters. The molecule has 0 saturated carbocycles. The lowest BCUT2D eigenvalue weighted by molar-refractivity contribution is 0.633. The van der Waals surface area contributed by atoms with Crippen molar-refractivity contribution in [2.75, 3.05) is 6.54 Å². The fraction of sp³-hybridized carbons (Fsp3) is 0.312. The molecule has 1 atom stereocenters. The first-order chi connectivity index (χ1) is 8.79. The van der Waals surface area contributed by atoms with Gasteiger partial charge in [-0.05, 0) is 55.5 Å². The summed E-state index contributed by atoms with van der Waals surface area (Å²) in [5.74, 6) is 0.443. The summed E-state index contributed by atoms with van der Waals surface area (Å²) in [4.78, 5) is 4.04. The van der Waals surface area contributed by atoms with Crippen molar-refractivity contribution in [1.82, 2.24) is 4.98 Å². The molecule has 0 spiro atoms. The number of nitrogens with zero attached hydrogens (tertiary/aromatic N) is 1. The second-order valence-electron chi connectivity index (χ2n) is 4.74. The van der Waals surface area contributed by atoms with Gasteiger partial charge in [-0.25, -0.2) is 0 Å². The van der Waals surface area contributed by atoms with Gasteiger partial charge in [-0.3, -0.25) is 4.98 Å². The Balaban J connectivity index is 1.99. The van der Waals surface area contributed by atoms with Gasteiger partial charge >= 0.3 is 0 Å². The standard InChI is InChI=1S/C16H20N2/c1-13-2-5-15(6-3-13)16(12-17)7-4-14-8-10-18-11-9-14/h2-3,5-6,8-11,16H,4,7,12,17H2,1H3. The van der Waals surface area contributed by atoms with Gasteiger partial charge in [-0.2, -0.15) is 0 Å². The molecule has 0 aliphatic rings. The van der Waals surface area contributed by atoms with Crippen molar-refractivity contribution in [2.24, 2.45) is 5.73 Å². The molecule has 0 fully saturated rings. The van der Waals surface area contributed by atoms with Crippen LogP contribution in [0, 0.1) is 6.92 Å². The molecule has 2 nitrogen and oxygen atoms in total. The highest BCUT2D eigenvalue weighted by molar-refractivity contribution is 5.25. The predicted molar refractivity (Wildman–Crippen MR) is 75.5 cm³/mol. The van der Waals surface area contributed by atoms with E-state index in [4.69, 9.17) is 5.73 Å². The highest BCUT2D eigenvalue weighted by atomic mass is 14.6. The number of nitrogens with two attached hydrogens (primary N) is 1. The summed E-state index contributed by atoms with van der Waals surface area (Å²) < 4.78 is 0. The lowest BCUT2D eigenvalue weighted by atomic mass is 9.92. The molecule has 2 aromatic rings. The van der Waals surface area contributed by atoms with Crippen LogP contribution in [0.15, 0.2) is 48.8 Å². The van der Waals surface area contributed by atoms with Crippen LogP contribution in [0.1, 0.15) is 29.0 Å². The van der Waals surface area contributed by atoms with Crippen molar-refractivity contribution in [2.45, 2.75) is 25.7 Å². The summed E-state index contributed by atoms with van der Waals surface area (Å²) in [5, 5.41) is 0. The Labute approximate surface area is 109 Å². The van der Waals surface area contributed by atoms with E-state index in [1.54, 1.807) is 0 Å². The largest absolute Gasteiger partial charge is 0.330 e. The van der Waals surface area contributed by atoms with Gasteiger partial charge in [0.1, 0.15) is 0 Å². The first-order valence-electron chi connectivity index (χ1n) is 6.45. The molecule has 0 radical (unpaired) electrons. The zero-order chi connectivity index (χ0) is 12.8. The Bertz CT molecular complexity index is 462. The minimum absolute atomic E-state index is 0.443. The second kappa shape index (κ2) is 6.31. The molecular weight excluding hydrogens is 220 g/mol. The van der Waals surface area contributed by atoms with Crippen molar-refractivity contribution < 1.29 is 0 Å². The highest BCUT2D eigenvalue weighted by Gasteiger charge is 2.09. The number of hydrogen-bond acceptors (Lipinski definition) is 2. The highest BCUT2D eigenvalue weighted by Crippen LogP contribution is 2.21. The van der Waals surface area contributed by atoms with Gasteiger partial charge in [0.15, 0.2) is 0 Å². The third-order valence-electron chi connectivity index (χ3n) is 3.36. The lowest BCUT2D eigenvalue weighted by Gasteiger charge is -2.15. The molecule has 2 rings (SSSR count). The maximum absolute atomic E-state index is 5.89. The van der Waals surface area contributed by atoms with Crippen molar-refractivity contribution in [3.8, 4) is 0 Å². The van der Waals surface area contributed by atoms with Crippen LogP contribution in [0.5, 0.6) is 0 Å². The van der Waals surface area contributed by atoms with E-state index in [1.807, 2.05) is 12.4 Å². The molecule has 0 amide bonds. The van der Waals surface area contributed by atoms with Crippen molar-refractivity contribution in [3.63, 3.8) is 0 Å². The Morgan fingerprint density at radius 3 is 2.33 bits per heavy atom. The number of pyridine rings is 1. The van der Waals surface area contributed by atoms with E-state index in [2.05, 4.69) is 48.3 Å². The van der Waals surface area contributed by atoms with E-state index < -0.39 is 0 Å². The maximum atomic E-state index is 5.89. The Kier molecular flexibility index (Phi) is 4.48. The molecule has 94 valence electrons. The summed E-state index contributed by atoms with van der Waals surface area (Å²) in [6, 6.07) is 12.8. The first-order valence-corrected chi connectivity index (χ1v) is 6.45. The van der Waals surface area contributed by atoms with Crippen LogP contribution >= 0.6 is 0 Å². The van der Waals surface area contributed by atoms with Gasteiger partial charge in [0.2, 0.25) is 0 Å². The first kappa shape index (κ1) is 12.8. The number of aromatic nitrogens is 1. The van der Waals surface area contributed by atoms with Crippen molar-refractivity contribution in [3.05, 3.63) is 65.5 Å². The van der Waals surface area contributed by atoms with E-state index in [9.17, 15) is 0 Å². The number of rotatable bonds is 5. The minimum Gasteiger partial charge on any atom is -0.330 e. The Morgan fingerprint density at radius 1 is 1.06 bits per heavy atom. The molecule has 0 aliphatic heterocycles. The second-order valence-corrected chi connectivity index (χ2v) is 4.74. The SMILES string of the molecule is Cc1ccc(C(CN)CCc2ccncc2)cc1. The average molecular weight is 240 g/mol. The molecule has 1 aromatic heterocycles. The van der Waals surface area contributed by atoms with Crippen LogP contribution in [0.3, 0.4) is 0 Å². The quantitative estimate of drug-likeness (QED) is 0.872. The van der Waals surface area contributed by atoms with Crippen LogP contribution in [-0.2, 0) is 6.42 Å². The third kappa shape index (κ3) is 3.41. The van der Waals surface area contributed by atoms with Crippen LogP contribution in [0.2, 0.25) is 0 Å². The van der Waals surface area contributed by atoms with Gasteiger partial charge in [0, 0.05) is 12.4 Å². The molecule has 2 N–H and O–H groups in total. The molecule has 1 aromatic carbocycles. The topological polar surface area (TPSA) is 38.9 Å². The monoisotopic (exact) mass is 240 g/mol. The van der Waals surface area contributed by atoms with Gasteiger partial charge in [0.25, 0.3) is 0 Å².